The highest BCUT2D eigenvalue weighted by atomic mass is 16.5. The average molecular weight is 473 g/mol. The topological polar surface area (TPSA) is 68.6 Å². The minimum atomic E-state index is -0.0901. The van der Waals surface area contributed by atoms with Crippen LogP contribution >= 0.6 is 0 Å². The molecule has 184 valence electrons. The third kappa shape index (κ3) is 5.22. The van der Waals surface area contributed by atoms with Gasteiger partial charge in [0.2, 0.25) is 5.91 Å². The fourth-order valence-corrected chi connectivity index (χ4v) is 5.96. The van der Waals surface area contributed by atoms with Gasteiger partial charge in [0.1, 0.15) is 0 Å². The number of rotatable bonds is 9. The molecule has 1 amide bonds. The number of hydrogen-bond donors (Lipinski definition) is 1. The van der Waals surface area contributed by atoms with E-state index in [9.17, 15) is 10.1 Å². The first-order valence-electron chi connectivity index (χ1n) is 13.0. The molecule has 2 aromatic carbocycles. The monoisotopic (exact) mass is 472 g/mol. The fraction of sp³-hybridized carbons (Fsp3) is 0.517. The van der Waals surface area contributed by atoms with Crippen molar-refractivity contribution in [1.29, 1.82) is 5.26 Å². The summed E-state index contributed by atoms with van der Waals surface area (Å²) in [5, 5.41) is 12.9. The molecular formula is C29H36N4O2. The lowest BCUT2D eigenvalue weighted by Crippen LogP contribution is -2.48. The number of carbonyl (C=O) groups excluding carboxylic acids is 1. The average Bonchev–Trinajstić information content (AvgIpc) is 3.69. The SMILES string of the molecule is COCCCN1CC(CN(C(=O)[C@H]2CNCC[C@@H]2c2cccc(C#N)c2)C2CC2)c2ccccc21. The molecule has 2 heterocycles. The number of nitriles is 1. The number of para-hydroxylation sites is 1. The molecule has 0 radical (unpaired) electrons. The lowest BCUT2D eigenvalue weighted by Gasteiger charge is -2.36. The van der Waals surface area contributed by atoms with Crippen molar-refractivity contribution in [3.63, 3.8) is 0 Å². The van der Waals surface area contributed by atoms with Crippen LogP contribution in [0.3, 0.4) is 0 Å². The van der Waals surface area contributed by atoms with Crippen LogP contribution in [-0.2, 0) is 9.53 Å². The van der Waals surface area contributed by atoms with Gasteiger partial charge in [-0.2, -0.15) is 5.26 Å². The standard InChI is InChI=1S/C29H36N4O2/c1-35-15-5-14-32-19-23(26-8-2-3-9-28(26)32)20-33(24-10-11-24)29(34)27-18-31-13-12-25(27)22-7-4-6-21(16-22)17-30/h2-4,6-9,16,23-25,27,31H,5,10-15,18-20H2,1H3/t23?,25-,27+/m1/s1. The highest BCUT2D eigenvalue weighted by Gasteiger charge is 2.42. The zero-order chi connectivity index (χ0) is 24.2. The van der Waals surface area contributed by atoms with Gasteiger partial charge in [-0.25, -0.2) is 0 Å². The maximum Gasteiger partial charge on any atom is 0.227 e. The highest BCUT2D eigenvalue weighted by Crippen LogP contribution is 2.40. The van der Waals surface area contributed by atoms with E-state index in [1.165, 1.54) is 11.3 Å². The van der Waals surface area contributed by atoms with Gasteiger partial charge in [0, 0.05) is 57.5 Å². The van der Waals surface area contributed by atoms with Crippen molar-refractivity contribution in [2.24, 2.45) is 5.92 Å². The number of piperidine rings is 1. The van der Waals surface area contributed by atoms with Gasteiger partial charge >= 0.3 is 0 Å². The van der Waals surface area contributed by atoms with Crippen molar-refractivity contribution >= 4 is 11.6 Å². The Balaban J connectivity index is 1.35. The molecule has 2 fully saturated rings. The van der Waals surface area contributed by atoms with Crippen LogP contribution in [0.15, 0.2) is 48.5 Å². The molecule has 0 spiro atoms. The second-order valence-electron chi connectivity index (χ2n) is 10.2. The molecule has 1 aliphatic carbocycles. The Morgan fingerprint density at radius 1 is 1.20 bits per heavy atom. The molecule has 1 unspecified atom stereocenters. The molecule has 6 heteroatoms. The molecule has 35 heavy (non-hydrogen) atoms. The van der Waals surface area contributed by atoms with Gasteiger partial charge in [-0.3, -0.25) is 4.79 Å². The number of hydrogen-bond acceptors (Lipinski definition) is 5. The van der Waals surface area contributed by atoms with Crippen LogP contribution in [-0.4, -0.2) is 63.3 Å². The number of fused-ring (bicyclic) bond motifs is 1. The Morgan fingerprint density at radius 3 is 2.86 bits per heavy atom. The molecule has 0 aromatic heterocycles. The van der Waals surface area contributed by atoms with E-state index in [4.69, 9.17) is 4.74 Å². The lowest BCUT2D eigenvalue weighted by molar-refractivity contribution is -0.137. The number of amides is 1. The van der Waals surface area contributed by atoms with E-state index in [-0.39, 0.29) is 17.7 Å². The van der Waals surface area contributed by atoms with Crippen molar-refractivity contribution in [1.82, 2.24) is 10.2 Å². The first-order chi connectivity index (χ1) is 17.2. The maximum absolute atomic E-state index is 14.1. The summed E-state index contributed by atoms with van der Waals surface area (Å²) in [6.45, 7) is 5.08. The summed E-state index contributed by atoms with van der Waals surface area (Å²) in [6.07, 6.45) is 4.13. The van der Waals surface area contributed by atoms with Crippen LogP contribution in [0.4, 0.5) is 5.69 Å². The van der Waals surface area contributed by atoms with E-state index >= 15 is 0 Å². The van der Waals surface area contributed by atoms with Crippen LogP contribution < -0.4 is 10.2 Å². The van der Waals surface area contributed by atoms with E-state index in [1.54, 1.807) is 7.11 Å². The Hall–Kier alpha value is -2.88. The zero-order valence-corrected chi connectivity index (χ0v) is 20.7. The fourth-order valence-electron chi connectivity index (χ4n) is 5.96. The molecule has 2 aromatic rings. The van der Waals surface area contributed by atoms with E-state index in [0.29, 0.717) is 24.1 Å². The van der Waals surface area contributed by atoms with Gasteiger partial charge in [0.25, 0.3) is 0 Å². The summed E-state index contributed by atoms with van der Waals surface area (Å²) >= 11 is 0. The summed E-state index contributed by atoms with van der Waals surface area (Å²) in [7, 11) is 1.75. The molecule has 6 nitrogen and oxygen atoms in total. The predicted molar refractivity (Wildman–Crippen MR) is 137 cm³/mol. The quantitative estimate of drug-likeness (QED) is 0.561. The van der Waals surface area contributed by atoms with E-state index in [1.807, 2.05) is 18.2 Å². The smallest absolute Gasteiger partial charge is 0.227 e. The Morgan fingerprint density at radius 2 is 2.06 bits per heavy atom. The highest BCUT2D eigenvalue weighted by molar-refractivity contribution is 5.81. The van der Waals surface area contributed by atoms with E-state index in [2.05, 4.69) is 51.5 Å². The van der Waals surface area contributed by atoms with Crippen molar-refractivity contribution < 1.29 is 9.53 Å². The molecule has 1 N–H and O–H groups in total. The molecule has 3 aliphatic rings. The van der Waals surface area contributed by atoms with Gasteiger partial charge in [0.05, 0.1) is 17.6 Å². The van der Waals surface area contributed by atoms with Crippen molar-refractivity contribution in [2.45, 2.75) is 43.6 Å². The number of nitrogens with one attached hydrogen (secondary N) is 1. The lowest BCUT2D eigenvalue weighted by atomic mass is 9.79. The Labute approximate surface area is 208 Å². The largest absolute Gasteiger partial charge is 0.385 e. The number of nitrogens with zero attached hydrogens (tertiary/aromatic N) is 3. The molecule has 2 aliphatic heterocycles. The zero-order valence-electron chi connectivity index (χ0n) is 20.7. The third-order valence-corrected chi connectivity index (χ3v) is 7.87. The van der Waals surface area contributed by atoms with Crippen LogP contribution in [0.2, 0.25) is 0 Å². The van der Waals surface area contributed by atoms with Gasteiger partial charge < -0.3 is 19.9 Å². The first kappa shape index (κ1) is 23.8. The van der Waals surface area contributed by atoms with Crippen molar-refractivity contribution in [3.8, 4) is 6.07 Å². The number of carbonyl (C=O) groups is 1. The first-order valence-corrected chi connectivity index (χ1v) is 13.0. The Kier molecular flexibility index (Phi) is 7.36. The summed E-state index contributed by atoms with van der Waals surface area (Å²) < 4.78 is 5.28. The summed E-state index contributed by atoms with van der Waals surface area (Å²) in [6, 6.07) is 19.2. The molecule has 1 saturated heterocycles. The second-order valence-corrected chi connectivity index (χ2v) is 10.2. The maximum atomic E-state index is 14.1. The number of benzene rings is 2. The normalized spacial score (nSPS) is 23.5. The van der Waals surface area contributed by atoms with Crippen LogP contribution in [0.1, 0.15) is 54.2 Å². The van der Waals surface area contributed by atoms with Gasteiger partial charge in [-0.05, 0) is 67.5 Å². The number of ether oxygens (including phenoxy) is 1. The van der Waals surface area contributed by atoms with Gasteiger partial charge in [0.15, 0.2) is 0 Å². The third-order valence-electron chi connectivity index (χ3n) is 7.87. The minimum absolute atomic E-state index is 0.0901. The van der Waals surface area contributed by atoms with E-state index < -0.39 is 0 Å². The Bertz CT molecular complexity index is 1080. The predicted octanol–water partition coefficient (Wildman–Crippen LogP) is 3.88. The van der Waals surface area contributed by atoms with E-state index in [0.717, 1.165) is 64.0 Å². The second kappa shape index (κ2) is 10.8. The van der Waals surface area contributed by atoms with Crippen LogP contribution in [0, 0.1) is 17.2 Å². The summed E-state index contributed by atoms with van der Waals surface area (Å²) in [5.41, 5.74) is 4.46. The molecule has 3 atom stereocenters. The molecule has 0 bridgehead atoms. The van der Waals surface area contributed by atoms with Crippen LogP contribution in [0.5, 0.6) is 0 Å². The number of anilines is 1. The van der Waals surface area contributed by atoms with Gasteiger partial charge in [-0.1, -0.05) is 30.3 Å². The summed E-state index contributed by atoms with van der Waals surface area (Å²) in [5.74, 6) is 0.671. The van der Waals surface area contributed by atoms with Gasteiger partial charge in [-0.15, -0.1) is 0 Å². The van der Waals surface area contributed by atoms with Crippen LogP contribution in [0.25, 0.3) is 0 Å². The minimum Gasteiger partial charge on any atom is -0.385 e. The van der Waals surface area contributed by atoms with Crippen molar-refractivity contribution in [2.75, 3.05) is 51.3 Å². The summed E-state index contributed by atoms with van der Waals surface area (Å²) in [4.78, 5) is 18.8. The molecular weight excluding hydrogens is 436 g/mol. The molecule has 1 saturated carbocycles. The molecule has 5 rings (SSSR count). The van der Waals surface area contributed by atoms with Crippen molar-refractivity contribution in [3.05, 3.63) is 65.2 Å². The number of methoxy groups -OCH3 is 1.